The summed E-state index contributed by atoms with van der Waals surface area (Å²) in [5, 5.41) is 3.84. The maximum Gasteiger partial charge on any atom is 0.309 e. The molecule has 0 unspecified atom stereocenters. The standard InChI is InChI=1S/C27H32ClN3O4/c1-31(20-8-7-19(30-16-20)15-18-5-3-2-4-6-18)26-21-13-14-29-17-27(22(21)9-10-23(26)28)34-24(32)11-12-25(33)35-27/h7-10,16,18,29H,2-6,11-15,17H2,1H3. The number of aromatic nitrogens is 1. The molecule has 2 aliphatic heterocycles. The minimum absolute atomic E-state index is 0.00907. The summed E-state index contributed by atoms with van der Waals surface area (Å²) in [5.41, 5.74) is 4.37. The maximum absolute atomic E-state index is 12.4. The van der Waals surface area contributed by atoms with Gasteiger partial charge in [0.1, 0.15) is 0 Å². The number of fused-ring (bicyclic) bond motifs is 2. The number of benzene rings is 1. The summed E-state index contributed by atoms with van der Waals surface area (Å²) >= 11 is 6.74. The first-order valence-electron chi connectivity index (χ1n) is 12.6. The first-order chi connectivity index (χ1) is 16.9. The summed E-state index contributed by atoms with van der Waals surface area (Å²) in [4.78, 5) is 31.5. The Balaban J connectivity index is 1.47. The van der Waals surface area contributed by atoms with E-state index in [9.17, 15) is 9.59 Å². The van der Waals surface area contributed by atoms with Crippen LogP contribution in [0.1, 0.15) is 61.8 Å². The number of halogens is 1. The van der Waals surface area contributed by atoms with Gasteiger partial charge in [0, 0.05) is 18.3 Å². The third kappa shape index (κ3) is 5.02. The lowest BCUT2D eigenvalue weighted by atomic mass is 9.86. The van der Waals surface area contributed by atoms with E-state index in [-0.39, 0.29) is 19.4 Å². The Hall–Kier alpha value is -2.64. The highest BCUT2D eigenvalue weighted by Gasteiger charge is 2.46. The molecule has 0 bridgehead atoms. The fourth-order valence-electron chi connectivity index (χ4n) is 5.57. The van der Waals surface area contributed by atoms with Gasteiger partial charge in [0.25, 0.3) is 5.79 Å². The van der Waals surface area contributed by atoms with E-state index < -0.39 is 17.7 Å². The van der Waals surface area contributed by atoms with Gasteiger partial charge in [-0.15, -0.1) is 0 Å². The Morgan fingerprint density at radius 3 is 2.49 bits per heavy atom. The lowest BCUT2D eigenvalue weighted by molar-refractivity contribution is -0.225. The molecule has 1 saturated heterocycles. The number of ether oxygens (including phenoxy) is 2. The van der Waals surface area contributed by atoms with Crippen molar-refractivity contribution in [2.75, 3.05) is 25.0 Å². The number of anilines is 2. The highest BCUT2D eigenvalue weighted by Crippen LogP contribution is 2.43. The van der Waals surface area contributed by atoms with Gasteiger partial charge < -0.3 is 19.7 Å². The van der Waals surface area contributed by atoms with Crippen molar-refractivity contribution < 1.29 is 19.1 Å². The van der Waals surface area contributed by atoms with Crippen LogP contribution in [0.5, 0.6) is 0 Å². The molecule has 2 aromatic rings. The van der Waals surface area contributed by atoms with Gasteiger partial charge in [-0.25, -0.2) is 0 Å². The van der Waals surface area contributed by atoms with Crippen molar-refractivity contribution in [1.82, 2.24) is 10.3 Å². The first-order valence-corrected chi connectivity index (χ1v) is 13.0. The van der Waals surface area contributed by atoms with E-state index in [0.717, 1.165) is 35.0 Å². The van der Waals surface area contributed by atoms with Gasteiger partial charge in [-0.3, -0.25) is 14.6 Å². The summed E-state index contributed by atoms with van der Waals surface area (Å²) in [6, 6.07) is 7.77. The van der Waals surface area contributed by atoms with Gasteiger partial charge in [0.2, 0.25) is 0 Å². The van der Waals surface area contributed by atoms with Gasteiger partial charge in [0.15, 0.2) is 0 Å². The second kappa shape index (κ2) is 10.2. The maximum atomic E-state index is 12.4. The monoisotopic (exact) mass is 497 g/mol. The van der Waals surface area contributed by atoms with E-state index >= 15 is 0 Å². The molecule has 1 spiro atoms. The molecule has 1 N–H and O–H groups in total. The number of pyridine rings is 1. The second-order valence-corrected chi connectivity index (χ2v) is 10.2. The average Bonchev–Trinajstić information content (AvgIpc) is 3.12. The van der Waals surface area contributed by atoms with Gasteiger partial charge in [-0.1, -0.05) is 43.7 Å². The largest absolute Gasteiger partial charge is 0.416 e. The fourth-order valence-corrected chi connectivity index (χ4v) is 5.87. The van der Waals surface area contributed by atoms with E-state index in [4.69, 9.17) is 26.1 Å². The van der Waals surface area contributed by atoms with Gasteiger partial charge in [0.05, 0.1) is 42.0 Å². The predicted molar refractivity (Wildman–Crippen MR) is 134 cm³/mol. The Kier molecular flexibility index (Phi) is 6.98. The topological polar surface area (TPSA) is 80.8 Å². The van der Waals surface area contributed by atoms with Gasteiger partial charge >= 0.3 is 11.9 Å². The molecule has 0 atom stereocenters. The van der Waals surface area contributed by atoms with Crippen molar-refractivity contribution in [3.05, 3.63) is 52.3 Å². The molecule has 35 heavy (non-hydrogen) atoms. The molecular weight excluding hydrogens is 466 g/mol. The molecule has 1 aromatic heterocycles. The summed E-state index contributed by atoms with van der Waals surface area (Å²) in [6.07, 6.45) is 10.2. The van der Waals surface area contributed by atoms with Crippen LogP contribution in [0.4, 0.5) is 11.4 Å². The zero-order valence-electron chi connectivity index (χ0n) is 20.1. The summed E-state index contributed by atoms with van der Waals surface area (Å²) in [5.74, 6) is -1.67. The average molecular weight is 498 g/mol. The molecule has 5 rings (SSSR count). The minimum atomic E-state index is -1.50. The van der Waals surface area contributed by atoms with Crippen molar-refractivity contribution in [1.29, 1.82) is 0 Å². The first kappa shape index (κ1) is 24.1. The van der Waals surface area contributed by atoms with E-state index in [0.29, 0.717) is 23.6 Å². The van der Waals surface area contributed by atoms with Crippen LogP contribution in [0, 0.1) is 5.92 Å². The Bertz CT molecular complexity index is 1080. The number of nitrogens with one attached hydrogen (secondary N) is 1. The van der Waals surface area contributed by atoms with Crippen molar-refractivity contribution in [3.8, 4) is 0 Å². The van der Waals surface area contributed by atoms with Crippen LogP contribution in [0.25, 0.3) is 0 Å². The number of rotatable bonds is 4. The van der Waals surface area contributed by atoms with Gasteiger partial charge in [-0.05, 0) is 55.1 Å². The van der Waals surface area contributed by atoms with Crippen LogP contribution in [0.2, 0.25) is 5.02 Å². The zero-order valence-corrected chi connectivity index (χ0v) is 20.9. The summed E-state index contributed by atoms with van der Waals surface area (Å²) in [7, 11) is 1.95. The van der Waals surface area contributed by atoms with Crippen LogP contribution in [-0.2, 0) is 37.7 Å². The lowest BCUT2D eigenvalue weighted by Gasteiger charge is -2.33. The van der Waals surface area contributed by atoms with Crippen LogP contribution >= 0.6 is 11.6 Å². The van der Waals surface area contributed by atoms with E-state index in [1.807, 2.05) is 18.1 Å². The molecule has 0 radical (unpaired) electrons. The minimum Gasteiger partial charge on any atom is -0.416 e. The molecule has 0 amide bonds. The number of nitrogens with zero attached hydrogens (tertiary/aromatic N) is 2. The summed E-state index contributed by atoms with van der Waals surface area (Å²) in [6.45, 7) is 0.823. The molecule has 186 valence electrons. The molecule has 1 aliphatic carbocycles. The summed E-state index contributed by atoms with van der Waals surface area (Å²) < 4.78 is 11.5. The molecule has 2 fully saturated rings. The Morgan fingerprint density at radius 1 is 1.06 bits per heavy atom. The number of carbonyl (C=O) groups is 2. The third-order valence-corrected chi connectivity index (χ3v) is 7.70. The van der Waals surface area contributed by atoms with Crippen LogP contribution in [-0.4, -0.2) is 37.1 Å². The molecule has 8 heteroatoms. The van der Waals surface area contributed by atoms with Crippen molar-refractivity contribution in [2.24, 2.45) is 5.92 Å². The normalized spacial score (nSPS) is 20.4. The van der Waals surface area contributed by atoms with Gasteiger partial charge in [-0.2, -0.15) is 0 Å². The number of hydrogen-bond donors (Lipinski definition) is 1. The SMILES string of the molecule is CN(c1ccc(CC2CCCCC2)nc1)c1c(Cl)ccc2c1CCNCC21OC(=O)CCC(=O)O1. The highest BCUT2D eigenvalue weighted by atomic mass is 35.5. The van der Waals surface area contributed by atoms with Crippen LogP contribution in [0.15, 0.2) is 30.5 Å². The molecule has 3 aliphatic rings. The Morgan fingerprint density at radius 2 is 1.80 bits per heavy atom. The number of carbonyl (C=O) groups excluding carboxylic acids is 2. The Labute approximate surface area is 211 Å². The van der Waals surface area contributed by atoms with E-state index in [1.165, 1.54) is 32.1 Å². The van der Waals surface area contributed by atoms with Crippen molar-refractivity contribution in [3.63, 3.8) is 0 Å². The molecule has 1 saturated carbocycles. The van der Waals surface area contributed by atoms with E-state index in [2.05, 4.69) is 17.4 Å². The zero-order chi connectivity index (χ0) is 24.4. The van der Waals surface area contributed by atoms with Crippen LogP contribution in [0.3, 0.4) is 0 Å². The number of hydrogen-bond acceptors (Lipinski definition) is 7. The molecule has 1 aromatic carbocycles. The second-order valence-electron chi connectivity index (χ2n) is 9.82. The third-order valence-electron chi connectivity index (χ3n) is 7.40. The molecule has 7 nitrogen and oxygen atoms in total. The number of esters is 2. The molecular formula is C27H32ClN3O4. The highest BCUT2D eigenvalue weighted by molar-refractivity contribution is 6.33. The predicted octanol–water partition coefficient (Wildman–Crippen LogP) is 4.80. The van der Waals surface area contributed by atoms with Crippen LogP contribution < -0.4 is 10.2 Å². The molecule has 3 heterocycles. The quantitative estimate of drug-likeness (QED) is 0.607. The van der Waals surface area contributed by atoms with Crippen molar-refractivity contribution >= 4 is 34.9 Å². The lowest BCUT2D eigenvalue weighted by Crippen LogP contribution is -2.43. The fraction of sp³-hybridized carbons (Fsp3) is 0.519. The smallest absolute Gasteiger partial charge is 0.309 e. The van der Waals surface area contributed by atoms with E-state index in [1.54, 1.807) is 12.1 Å². The van der Waals surface area contributed by atoms with Crippen molar-refractivity contribution in [2.45, 2.75) is 63.6 Å².